The zero-order chi connectivity index (χ0) is 10.4. The van der Waals surface area contributed by atoms with E-state index in [9.17, 15) is 10.2 Å². The Labute approximate surface area is 87.3 Å². The van der Waals surface area contributed by atoms with E-state index in [1.165, 1.54) is 12.8 Å². The number of hydrogen-bond donors (Lipinski definition) is 2. The van der Waals surface area contributed by atoms with Crippen LogP contribution in [0.1, 0.15) is 58.3 Å². The monoisotopic (exact) mass is 200 g/mol. The standard InChI is InChI=1S/C12H24O2/c1-2-6-11(13)9-10-7-4-3-5-8-12(10)14/h10-14H,2-9H2,1H3. The zero-order valence-electron chi connectivity index (χ0n) is 9.28. The molecule has 1 aliphatic rings. The van der Waals surface area contributed by atoms with E-state index in [0.717, 1.165) is 38.5 Å². The van der Waals surface area contributed by atoms with Crippen LogP contribution in [0.2, 0.25) is 0 Å². The van der Waals surface area contributed by atoms with Crippen LogP contribution in [0, 0.1) is 5.92 Å². The zero-order valence-corrected chi connectivity index (χ0v) is 9.28. The molecular formula is C12H24O2. The summed E-state index contributed by atoms with van der Waals surface area (Å²) in [5.74, 6) is 0.346. The average Bonchev–Trinajstić information content (AvgIpc) is 2.33. The number of hydrogen-bond acceptors (Lipinski definition) is 2. The number of rotatable bonds is 4. The maximum absolute atomic E-state index is 9.85. The SMILES string of the molecule is CCCC(O)CC1CCCCCC1O. The van der Waals surface area contributed by atoms with Gasteiger partial charge in [-0.05, 0) is 31.6 Å². The van der Waals surface area contributed by atoms with Gasteiger partial charge in [0.25, 0.3) is 0 Å². The summed E-state index contributed by atoms with van der Waals surface area (Å²) >= 11 is 0. The maximum Gasteiger partial charge on any atom is 0.0569 e. The Morgan fingerprint density at radius 3 is 2.64 bits per heavy atom. The van der Waals surface area contributed by atoms with Gasteiger partial charge in [0.15, 0.2) is 0 Å². The molecule has 0 aromatic heterocycles. The minimum atomic E-state index is -0.197. The fourth-order valence-corrected chi connectivity index (χ4v) is 2.44. The van der Waals surface area contributed by atoms with E-state index in [0.29, 0.717) is 5.92 Å². The van der Waals surface area contributed by atoms with Crippen LogP contribution < -0.4 is 0 Å². The first-order valence-electron chi connectivity index (χ1n) is 6.10. The van der Waals surface area contributed by atoms with E-state index < -0.39 is 0 Å². The molecule has 2 N–H and O–H groups in total. The van der Waals surface area contributed by atoms with E-state index in [-0.39, 0.29) is 12.2 Å². The van der Waals surface area contributed by atoms with Crippen LogP contribution in [-0.4, -0.2) is 22.4 Å². The van der Waals surface area contributed by atoms with Crippen molar-refractivity contribution >= 4 is 0 Å². The second kappa shape index (κ2) is 6.41. The van der Waals surface area contributed by atoms with Gasteiger partial charge in [-0.3, -0.25) is 0 Å². The van der Waals surface area contributed by atoms with Crippen LogP contribution in [0.25, 0.3) is 0 Å². The van der Waals surface area contributed by atoms with Gasteiger partial charge in [0.1, 0.15) is 0 Å². The second-order valence-corrected chi connectivity index (χ2v) is 4.64. The lowest BCUT2D eigenvalue weighted by Gasteiger charge is -2.22. The van der Waals surface area contributed by atoms with Gasteiger partial charge >= 0.3 is 0 Å². The predicted octanol–water partition coefficient (Wildman–Crippen LogP) is 2.48. The third kappa shape index (κ3) is 3.97. The van der Waals surface area contributed by atoms with E-state index >= 15 is 0 Å². The minimum Gasteiger partial charge on any atom is -0.393 e. The summed E-state index contributed by atoms with van der Waals surface area (Å²) in [6.45, 7) is 2.09. The maximum atomic E-state index is 9.85. The first-order valence-corrected chi connectivity index (χ1v) is 6.10. The Morgan fingerprint density at radius 1 is 1.21 bits per heavy atom. The van der Waals surface area contributed by atoms with Gasteiger partial charge in [0.05, 0.1) is 12.2 Å². The molecule has 0 amide bonds. The summed E-state index contributed by atoms with van der Waals surface area (Å²) in [7, 11) is 0. The summed E-state index contributed by atoms with van der Waals surface area (Å²) in [6, 6.07) is 0. The van der Waals surface area contributed by atoms with Crippen molar-refractivity contribution in [2.24, 2.45) is 5.92 Å². The van der Waals surface area contributed by atoms with Gasteiger partial charge in [-0.1, -0.05) is 32.6 Å². The average molecular weight is 200 g/mol. The molecule has 14 heavy (non-hydrogen) atoms. The molecule has 0 aliphatic heterocycles. The molecule has 0 radical (unpaired) electrons. The normalized spacial score (nSPS) is 31.1. The fraction of sp³-hybridized carbons (Fsp3) is 1.00. The minimum absolute atomic E-state index is 0.163. The molecule has 0 spiro atoms. The Morgan fingerprint density at radius 2 is 1.93 bits per heavy atom. The lowest BCUT2D eigenvalue weighted by molar-refractivity contribution is 0.0536. The van der Waals surface area contributed by atoms with Gasteiger partial charge in [0.2, 0.25) is 0 Å². The van der Waals surface area contributed by atoms with Crippen molar-refractivity contribution in [3.8, 4) is 0 Å². The highest BCUT2D eigenvalue weighted by Crippen LogP contribution is 2.27. The van der Waals surface area contributed by atoms with Crippen molar-refractivity contribution in [1.82, 2.24) is 0 Å². The molecule has 3 atom stereocenters. The molecule has 0 aromatic rings. The molecule has 1 rings (SSSR count). The topological polar surface area (TPSA) is 40.5 Å². The van der Waals surface area contributed by atoms with Crippen molar-refractivity contribution in [2.45, 2.75) is 70.5 Å². The van der Waals surface area contributed by atoms with Crippen LogP contribution >= 0.6 is 0 Å². The highest BCUT2D eigenvalue weighted by molar-refractivity contribution is 4.75. The Kier molecular flexibility index (Phi) is 5.49. The van der Waals surface area contributed by atoms with Gasteiger partial charge in [-0.25, -0.2) is 0 Å². The third-order valence-corrected chi connectivity index (χ3v) is 3.32. The molecule has 84 valence electrons. The van der Waals surface area contributed by atoms with E-state index in [1.807, 2.05) is 0 Å². The fourth-order valence-electron chi connectivity index (χ4n) is 2.44. The molecule has 0 heterocycles. The Hall–Kier alpha value is -0.0800. The molecular weight excluding hydrogens is 176 g/mol. The third-order valence-electron chi connectivity index (χ3n) is 3.32. The van der Waals surface area contributed by atoms with E-state index in [4.69, 9.17) is 0 Å². The van der Waals surface area contributed by atoms with Crippen molar-refractivity contribution in [3.63, 3.8) is 0 Å². The summed E-state index contributed by atoms with van der Waals surface area (Å²) in [6.07, 6.45) is 8.01. The lowest BCUT2D eigenvalue weighted by Crippen LogP contribution is -2.24. The first-order chi connectivity index (χ1) is 6.74. The lowest BCUT2D eigenvalue weighted by atomic mass is 9.90. The van der Waals surface area contributed by atoms with Gasteiger partial charge in [-0.15, -0.1) is 0 Å². The molecule has 3 unspecified atom stereocenters. The largest absolute Gasteiger partial charge is 0.393 e. The molecule has 1 fully saturated rings. The first kappa shape index (κ1) is 12.0. The predicted molar refractivity (Wildman–Crippen MR) is 58.1 cm³/mol. The molecule has 0 saturated heterocycles. The molecule has 1 saturated carbocycles. The molecule has 2 heteroatoms. The van der Waals surface area contributed by atoms with Crippen LogP contribution in [0.4, 0.5) is 0 Å². The quantitative estimate of drug-likeness (QED) is 0.684. The van der Waals surface area contributed by atoms with Crippen LogP contribution in [0.3, 0.4) is 0 Å². The summed E-state index contributed by atoms with van der Waals surface area (Å²) in [5.41, 5.74) is 0. The van der Waals surface area contributed by atoms with Crippen LogP contribution in [0.5, 0.6) is 0 Å². The molecule has 2 nitrogen and oxygen atoms in total. The van der Waals surface area contributed by atoms with Gasteiger partial charge in [-0.2, -0.15) is 0 Å². The summed E-state index contributed by atoms with van der Waals surface area (Å²) in [4.78, 5) is 0. The smallest absolute Gasteiger partial charge is 0.0569 e. The van der Waals surface area contributed by atoms with Gasteiger partial charge in [0, 0.05) is 0 Å². The molecule has 0 bridgehead atoms. The van der Waals surface area contributed by atoms with Crippen LogP contribution in [-0.2, 0) is 0 Å². The highest BCUT2D eigenvalue weighted by atomic mass is 16.3. The Bertz CT molecular complexity index is 147. The summed E-state index contributed by atoms with van der Waals surface area (Å²) < 4.78 is 0. The highest BCUT2D eigenvalue weighted by Gasteiger charge is 2.23. The second-order valence-electron chi connectivity index (χ2n) is 4.64. The van der Waals surface area contributed by atoms with Crippen molar-refractivity contribution in [2.75, 3.05) is 0 Å². The van der Waals surface area contributed by atoms with Crippen molar-refractivity contribution in [1.29, 1.82) is 0 Å². The molecule has 0 aromatic carbocycles. The van der Waals surface area contributed by atoms with Crippen molar-refractivity contribution in [3.05, 3.63) is 0 Å². The van der Waals surface area contributed by atoms with E-state index in [2.05, 4.69) is 6.92 Å². The summed E-state index contributed by atoms with van der Waals surface area (Å²) in [5, 5.41) is 19.6. The van der Waals surface area contributed by atoms with E-state index in [1.54, 1.807) is 0 Å². The molecule has 1 aliphatic carbocycles. The van der Waals surface area contributed by atoms with Crippen LogP contribution in [0.15, 0.2) is 0 Å². The number of aliphatic hydroxyl groups is 2. The van der Waals surface area contributed by atoms with Gasteiger partial charge < -0.3 is 10.2 Å². The number of aliphatic hydroxyl groups excluding tert-OH is 2. The van der Waals surface area contributed by atoms with Crippen molar-refractivity contribution < 1.29 is 10.2 Å². The Balaban J connectivity index is 2.32.